The minimum atomic E-state index is -1.12. The van der Waals surface area contributed by atoms with E-state index in [1.54, 1.807) is 13.1 Å². The Hall–Kier alpha value is -4.26. The number of hydrogen-bond donors (Lipinski definition) is 2. The Morgan fingerprint density at radius 3 is 2.30 bits per heavy atom. The second-order valence-electron chi connectivity index (χ2n) is 6.36. The van der Waals surface area contributed by atoms with Crippen molar-refractivity contribution in [1.29, 1.82) is 0 Å². The zero-order chi connectivity index (χ0) is 21.5. The van der Waals surface area contributed by atoms with E-state index in [0.717, 1.165) is 23.0 Å². The maximum Gasteiger partial charge on any atom is 0.335 e. The van der Waals surface area contributed by atoms with E-state index in [2.05, 4.69) is 10.1 Å². The van der Waals surface area contributed by atoms with Crippen LogP contribution < -0.4 is 0 Å². The molecule has 4 rings (SSSR count). The van der Waals surface area contributed by atoms with Crippen LogP contribution >= 0.6 is 0 Å². The molecule has 0 aliphatic rings. The van der Waals surface area contributed by atoms with Gasteiger partial charge in [-0.05, 0) is 55.0 Å². The van der Waals surface area contributed by atoms with Crippen molar-refractivity contribution in [2.45, 2.75) is 6.92 Å². The molecule has 2 heterocycles. The van der Waals surface area contributed by atoms with Gasteiger partial charge in [-0.1, -0.05) is 24.3 Å². The second kappa shape index (κ2) is 9.29. The molecule has 7 nitrogen and oxygen atoms in total. The first kappa shape index (κ1) is 20.5. The lowest BCUT2D eigenvalue weighted by molar-refractivity contribution is 0.0695. The van der Waals surface area contributed by atoms with Crippen molar-refractivity contribution in [3.8, 4) is 16.9 Å². The Kier molecular flexibility index (Phi) is 6.34. The highest BCUT2D eigenvalue weighted by atomic mass is 16.4. The van der Waals surface area contributed by atoms with Crippen LogP contribution in [0.3, 0.4) is 0 Å². The molecule has 0 spiro atoms. The fraction of sp³-hybridized carbons (Fsp3) is 0.0435. The predicted molar refractivity (Wildman–Crippen MR) is 112 cm³/mol. The van der Waals surface area contributed by atoms with Gasteiger partial charge in [0.1, 0.15) is 0 Å². The van der Waals surface area contributed by atoms with Crippen molar-refractivity contribution >= 4 is 11.9 Å². The summed E-state index contributed by atoms with van der Waals surface area (Å²) in [6, 6.07) is 20.0. The van der Waals surface area contributed by atoms with Gasteiger partial charge in [0.2, 0.25) is 0 Å². The topological polar surface area (TPSA) is 105 Å². The fourth-order valence-electron chi connectivity index (χ4n) is 2.70. The number of carboxylic acids is 2. The number of aromatic nitrogens is 3. The maximum absolute atomic E-state index is 10.6. The zero-order valence-corrected chi connectivity index (χ0v) is 16.1. The van der Waals surface area contributed by atoms with Gasteiger partial charge in [-0.2, -0.15) is 5.10 Å². The lowest BCUT2D eigenvalue weighted by Crippen LogP contribution is -2.03. The average Bonchev–Trinajstić information content (AvgIpc) is 3.26. The number of carboxylic acid groups (broad SMARTS) is 2. The molecule has 0 radical (unpaired) electrons. The Labute approximate surface area is 172 Å². The molecule has 0 unspecified atom stereocenters. The molecule has 7 heteroatoms. The van der Waals surface area contributed by atoms with Crippen LogP contribution in [0.4, 0.5) is 0 Å². The van der Waals surface area contributed by atoms with Gasteiger partial charge in [0.05, 0.1) is 22.5 Å². The molecule has 150 valence electrons. The summed E-state index contributed by atoms with van der Waals surface area (Å²) in [5.41, 5.74) is 3.59. The number of aryl methyl sites for hydroxylation is 1. The molecule has 0 aliphatic heterocycles. The number of carbonyl (C=O) groups is 2. The summed E-state index contributed by atoms with van der Waals surface area (Å²) < 4.78 is 1.86. The molecule has 0 aliphatic carbocycles. The third-order valence-electron chi connectivity index (χ3n) is 4.28. The summed E-state index contributed by atoms with van der Waals surface area (Å²) in [6.45, 7) is 1.62. The highest BCUT2D eigenvalue weighted by molar-refractivity contribution is 5.94. The van der Waals surface area contributed by atoms with Crippen LogP contribution in [0.5, 0.6) is 0 Å². The van der Waals surface area contributed by atoms with Gasteiger partial charge in [-0.25, -0.2) is 14.3 Å². The van der Waals surface area contributed by atoms with E-state index in [1.807, 2.05) is 65.6 Å². The molecule has 0 atom stereocenters. The van der Waals surface area contributed by atoms with E-state index in [9.17, 15) is 9.59 Å². The molecule has 0 saturated carbocycles. The zero-order valence-electron chi connectivity index (χ0n) is 16.1. The Balaban J connectivity index is 0.000000178. The Bertz CT molecular complexity index is 1100. The van der Waals surface area contributed by atoms with E-state index in [0.29, 0.717) is 5.56 Å². The molecule has 0 bridgehead atoms. The number of aromatic carboxylic acids is 2. The first-order valence-electron chi connectivity index (χ1n) is 9.04. The summed E-state index contributed by atoms with van der Waals surface area (Å²) in [6.07, 6.45) is 5.53. The lowest BCUT2D eigenvalue weighted by Gasteiger charge is -2.01. The van der Waals surface area contributed by atoms with Crippen molar-refractivity contribution in [3.05, 3.63) is 102 Å². The van der Waals surface area contributed by atoms with Crippen LogP contribution in [-0.2, 0) is 0 Å². The molecule has 0 saturated heterocycles. The van der Waals surface area contributed by atoms with Crippen LogP contribution in [0.15, 0.2) is 85.3 Å². The molecule has 2 aromatic heterocycles. The number of para-hydroxylation sites is 1. The standard InChI is InChI=1S/C14H11N3.C9H8O4/c1-2-6-13(7-3-1)17-10-8-14(16-17)12-5-4-9-15-11-12;1-5-2-3-6(8(10)11)4-7(5)9(12)13/h1-11H;2-4H,1H3,(H,10,11)(H,12,13). The van der Waals surface area contributed by atoms with Gasteiger partial charge in [-0.15, -0.1) is 0 Å². The van der Waals surface area contributed by atoms with Crippen molar-refractivity contribution in [1.82, 2.24) is 14.8 Å². The molecular formula is C23H19N3O4. The lowest BCUT2D eigenvalue weighted by atomic mass is 10.1. The largest absolute Gasteiger partial charge is 0.478 e. The van der Waals surface area contributed by atoms with Gasteiger partial charge in [-0.3, -0.25) is 4.98 Å². The second-order valence-corrected chi connectivity index (χ2v) is 6.36. The number of benzene rings is 2. The van der Waals surface area contributed by atoms with Crippen LogP contribution in [0.25, 0.3) is 16.9 Å². The summed E-state index contributed by atoms with van der Waals surface area (Å²) >= 11 is 0. The fourth-order valence-corrected chi connectivity index (χ4v) is 2.70. The van der Waals surface area contributed by atoms with Crippen LogP contribution in [0.2, 0.25) is 0 Å². The Morgan fingerprint density at radius 2 is 1.67 bits per heavy atom. The summed E-state index contributed by atoms with van der Waals surface area (Å²) in [7, 11) is 0. The molecule has 0 amide bonds. The van der Waals surface area contributed by atoms with E-state index in [4.69, 9.17) is 10.2 Å². The van der Waals surface area contributed by atoms with Crippen molar-refractivity contribution in [3.63, 3.8) is 0 Å². The monoisotopic (exact) mass is 401 g/mol. The number of rotatable bonds is 4. The molecule has 2 N–H and O–H groups in total. The first-order chi connectivity index (χ1) is 14.5. The third-order valence-corrected chi connectivity index (χ3v) is 4.28. The normalized spacial score (nSPS) is 10.0. The Morgan fingerprint density at radius 1 is 0.900 bits per heavy atom. The minimum absolute atomic E-state index is 0.0111. The van der Waals surface area contributed by atoms with Crippen molar-refractivity contribution in [2.24, 2.45) is 0 Å². The van der Waals surface area contributed by atoms with E-state index >= 15 is 0 Å². The highest BCUT2D eigenvalue weighted by Gasteiger charge is 2.10. The third kappa shape index (κ3) is 4.96. The van der Waals surface area contributed by atoms with E-state index in [-0.39, 0.29) is 11.1 Å². The van der Waals surface area contributed by atoms with Gasteiger partial charge in [0.25, 0.3) is 0 Å². The van der Waals surface area contributed by atoms with Crippen LogP contribution in [0.1, 0.15) is 26.3 Å². The van der Waals surface area contributed by atoms with Crippen molar-refractivity contribution in [2.75, 3.05) is 0 Å². The predicted octanol–water partition coefficient (Wildman–Crippen LogP) is 4.33. The SMILES string of the molecule is Cc1ccc(C(=O)O)cc1C(=O)O.c1ccc(-n2ccc(-c3cccnc3)n2)cc1. The quantitative estimate of drug-likeness (QED) is 0.527. The highest BCUT2D eigenvalue weighted by Crippen LogP contribution is 2.16. The molecule has 2 aromatic carbocycles. The molecular weight excluding hydrogens is 382 g/mol. The van der Waals surface area contributed by atoms with Gasteiger partial charge >= 0.3 is 11.9 Å². The first-order valence-corrected chi connectivity index (χ1v) is 9.04. The summed E-state index contributed by atoms with van der Waals surface area (Å²) in [4.78, 5) is 25.2. The average molecular weight is 401 g/mol. The van der Waals surface area contributed by atoms with Crippen LogP contribution in [-0.4, -0.2) is 36.9 Å². The van der Waals surface area contributed by atoms with Gasteiger partial charge in [0.15, 0.2) is 0 Å². The molecule has 4 aromatic rings. The molecule has 0 fully saturated rings. The smallest absolute Gasteiger partial charge is 0.335 e. The van der Waals surface area contributed by atoms with E-state index in [1.165, 1.54) is 12.1 Å². The summed E-state index contributed by atoms with van der Waals surface area (Å²) in [5, 5.41) is 21.8. The number of hydrogen-bond acceptors (Lipinski definition) is 4. The van der Waals surface area contributed by atoms with Crippen LogP contribution in [0, 0.1) is 6.92 Å². The van der Waals surface area contributed by atoms with Gasteiger partial charge in [0, 0.05) is 24.2 Å². The molecule has 30 heavy (non-hydrogen) atoms. The minimum Gasteiger partial charge on any atom is -0.478 e. The van der Waals surface area contributed by atoms with E-state index < -0.39 is 11.9 Å². The maximum atomic E-state index is 10.6. The number of pyridine rings is 1. The number of nitrogens with zero attached hydrogens (tertiary/aromatic N) is 3. The summed E-state index contributed by atoms with van der Waals surface area (Å²) in [5.74, 6) is -2.23. The van der Waals surface area contributed by atoms with Crippen molar-refractivity contribution < 1.29 is 19.8 Å². The van der Waals surface area contributed by atoms with Gasteiger partial charge < -0.3 is 10.2 Å².